The lowest BCUT2D eigenvalue weighted by Gasteiger charge is -2.28. The summed E-state index contributed by atoms with van der Waals surface area (Å²) in [5, 5.41) is 3.65. The molecule has 0 unspecified atom stereocenters. The number of carbonyl (C=O) groups excluding carboxylic acids is 1. The molecule has 18 heavy (non-hydrogen) atoms. The van der Waals surface area contributed by atoms with Crippen LogP contribution in [0.3, 0.4) is 0 Å². The molecular weight excluding hydrogens is 249 g/mol. The van der Waals surface area contributed by atoms with Gasteiger partial charge in [0.1, 0.15) is 5.82 Å². The van der Waals surface area contributed by atoms with Crippen LogP contribution in [-0.2, 0) is 0 Å². The van der Waals surface area contributed by atoms with Crippen molar-refractivity contribution in [3.8, 4) is 0 Å². The normalized spacial score (nSPS) is 23.7. The number of hydrogen-bond acceptors (Lipinski definition) is 2. The van der Waals surface area contributed by atoms with Gasteiger partial charge in [0, 0.05) is 11.3 Å². The third-order valence-corrected chi connectivity index (χ3v) is 4.60. The highest BCUT2D eigenvalue weighted by atomic mass is 32.2. The molecule has 98 valence electrons. The summed E-state index contributed by atoms with van der Waals surface area (Å²) < 4.78 is 13.4. The Kier molecular flexibility index (Phi) is 4.64. The summed E-state index contributed by atoms with van der Waals surface area (Å²) in [5.41, 5.74) is 0.143. The minimum absolute atomic E-state index is 0.143. The highest BCUT2D eigenvalue weighted by Crippen LogP contribution is 2.27. The number of nitrogens with one attached hydrogen (secondary N) is 1. The molecule has 0 heterocycles. The average Bonchev–Trinajstić information content (AvgIpc) is 2.40. The van der Waals surface area contributed by atoms with Crippen LogP contribution < -0.4 is 5.32 Å². The Hall–Kier alpha value is -1.03. The quantitative estimate of drug-likeness (QED) is 0.911. The van der Waals surface area contributed by atoms with Crippen molar-refractivity contribution in [2.45, 2.75) is 37.0 Å². The van der Waals surface area contributed by atoms with E-state index >= 15 is 0 Å². The van der Waals surface area contributed by atoms with Gasteiger partial charge in [-0.15, -0.1) is 0 Å². The van der Waals surface area contributed by atoms with Crippen molar-refractivity contribution in [1.82, 2.24) is 5.32 Å². The summed E-state index contributed by atoms with van der Waals surface area (Å²) in [6, 6.07) is 6.32. The fourth-order valence-electron chi connectivity index (χ4n) is 2.35. The van der Waals surface area contributed by atoms with E-state index in [9.17, 15) is 9.18 Å². The monoisotopic (exact) mass is 267 g/mol. The van der Waals surface area contributed by atoms with E-state index in [1.54, 1.807) is 12.1 Å². The van der Waals surface area contributed by atoms with Crippen molar-refractivity contribution < 1.29 is 9.18 Å². The first kappa shape index (κ1) is 13.4. The summed E-state index contributed by atoms with van der Waals surface area (Å²) in [4.78, 5) is 11.9. The number of carbonyl (C=O) groups is 1. The summed E-state index contributed by atoms with van der Waals surface area (Å²) in [6.07, 6.45) is 6.37. The molecule has 0 bridgehead atoms. The zero-order chi connectivity index (χ0) is 13.0. The summed E-state index contributed by atoms with van der Waals surface area (Å²) in [6.45, 7) is 0. The standard InChI is InChI=1S/C14H18FNOS/c1-18-11-8-6-10(7-9-11)16-14(17)12-4-2-3-5-13(12)15/h2-5,10-11H,6-9H2,1H3,(H,16,17). The predicted molar refractivity (Wildman–Crippen MR) is 73.4 cm³/mol. The molecule has 2 nitrogen and oxygen atoms in total. The fraction of sp³-hybridized carbons (Fsp3) is 0.500. The zero-order valence-electron chi connectivity index (χ0n) is 10.5. The topological polar surface area (TPSA) is 29.1 Å². The maximum atomic E-state index is 13.4. The number of thioether (sulfide) groups is 1. The Morgan fingerprint density at radius 2 is 1.94 bits per heavy atom. The van der Waals surface area contributed by atoms with E-state index in [-0.39, 0.29) is 17.5 Å². The number of halogens is 1. The molecular formula is C14H18FNOS. The molecule has 1 aliphatic rings. The van der Waals surface area contributed by atoms with Crippen LogP contribution in [0, 0.1) is 5.82 Å². The van der Waals surface area contributed by atoms with E-state index in [2.05, 4.69) is 11.6 Å². The summed E-state index contributed by atoms with van der Waals surface area (Å²) in [5.74, 6) is -0.742. The van der Waals surface area contributed by atoms with Crippen molar-refractivity contribution in [3.05, 3.63) is 35.6 Å². The lowest BCUT2D eigenvalue weighted by Crippen LogP contribution is -2.38. The lowest BCUT2D eigenvalue weighted by atomic mass is 9.94. The highest BCUT2D eigenvalue weighted by Gasteiger charge is 2.22. The number of amides is 1. The van der Waals surface area contributed by atoms with Crippen LogP contribution in [0.25, 0.3) is 0 Å². The minimum atomic E-state index is -0.451. The van der Waals surface area contributed by atoms with Crippen LogP contribution in [-0.4, -0.2) is 23.5 Å². The highest BCUT2D eigenvalue weighted by molar-refractivity contribution is 7.99. The van der Waals surface area contributed by atoms with Gasteiger partial charge in [0.15, 0.2) is 0 Å². The molecule has 0 atom stereocenters. The first-order valence-electron chi connectivity index (χ1n) is 6.29. The molecule has 0 aromatic heterocycles. The molecule has 2 rings (SSSR count). The molecule has 0 radical (unpaired) electrons. The van der Waals surface area contributed by atoms with E-state index in [1.165, 1.54) is 12.1 Å². The van der Waals surface area contributed by atoms with Crippen LogP contribution >= 0.6 is 11.8 Å². The Morgan fingerprint density at radius 1 is 1.28 bits per heavy atom. The second kappa shape index (κ2) is 6.23. The van der Waals surface area contributed by atoms with Gasteiger partial charge in [-0.2, -0.15) is 11.8 Å². The first-order valence-corrected chi connectivity index (χ1v) is 7.57. The second-order valence-corrected chi connectivity index (χ2v) is 5.80. The van der Waals surface area contributed by atoms with Crippen LogP contribution in [0.2, 0.25) is 0 Å². The van der Waals surface area contributed by atoms with Crippen LogP contribution in [0.4, 0.5) is 4.39 Å². The molecule has 1 N–H and O–H groups in total. The third-order valence-electron chi connectivity index (χ3n) is 3.46. The van der Waals surface area contributed by atoms with Gasteiger partial charge < -0.3 is 5.32 Å². The van der Waals surface area contributed by atoms with Gasteiger partial charge in [-0.1, -0.05) is 12.1 Å². The van der Waals surface area contributed by atoms with E-state index in [0.29, 0.717) is 5.25 Å². The fourth-order valence-corrected chi connectivity index (χ4v) is 3.09. The van der Waals surface area contributed by atoms with Gasteiger partial charge in [0.25, 0.3) is 5.91 Å². The molecule has 0 spiro atoms. The Morgan fingerprint density at radius 3 is 2.56 bits per heavy atom. The van der Waals surface area contributed by atoms with Gasteiger partial charge in [0.05, 0.1) is 5.56 Å². The second-order valence-electron chi connectivity index (χ2n) is 4.66. The maximum Gasteiger partial charge on any atom is 0.254 e. The van der Waals surface area contributed by atoms with Crippen molar-refractivity contribution in [2.24, 2.45) is 0 Å². The molecule has 1 saturated carbocycles. The predicted octanol–water partition coefficient (Wildman–Crippen LogP) is 3.23. The van der Waals surface area contributed by atoms with Gasteiger partial charge in [-0.25, -0.2) is 4.39 Å². The maximum absolute atomic E-state index is 13.4. The van der Waals surface area contributed by atoms with E-state index < -0.39 is 5.82 Å². The lowest BCUT2D eigenvalue weighted by molar-refractivity contribution is 0.0924. The number of benzene rings is 1. The van der Waals surface area contributed by atoms with Crippen molar-refractivity contribution >= 4 is 17.7 Å². The molecule has 4 heteroatoms. The van der Waals surface area contributed by atoms with Gasteiger partial charge in [-0.3, -0.25) is 4.79 Å². The largest absolute Gasteiger partial charge is 0.349 e. The SMILES string of the molecule is CSC1CCC(NC(=O)c2ccccc2F)CC1. The Balaban J connectivity index is 1.91. The smallest absolute Gasteiger partial charge is 0.254 e. The minimum Gasteiger partial charge on any atom is -0.349 e. The molecule has 1 fully saturated rings. The molecule has 1 aromatic rings. The molecule has 0 aliphatic heterocycles. The molecule has 1 aliphatic carbocycles. The van der Waals surface area contributed by atoms with Crippen LogP contribution in [0.5, 0.6) is 0 Å². The van der Waals surface area contributed by atoms with Gasteiger partial charge in [0.2, 0.25) is 0 Å². The van der Waals surface area contributed by atoms with Gasteiger partial charge in [-0.05, 0) is 44.1 Å². The zero-order valence-corrected chi connectivity index (χ0v) is 11.3. The van der Waals surface area contributed by atoms with Gasteiger partial charge >= 0.3 is 0 Å². The summed E-state index contributed by atoms with van der Waals surface area (Å²) >= 11 is 1.89. The van der Waals surface area contributed by atoms with Crippen molar-refractivity contribution in [2.75, 3.05) is 6.26 Å². The number of hydrogen-bond donors (Lipinski definition) is 1. The van der Waals surface area contributed by atoms with Crippen LogP contribution in [0.1, 0.15) is 36.0 Å². The van der Waals surface area contributed by atoms with Crippen LogP contribution in [0.15, 0.2) is 24.3 Å². The van der Waals surface area contributed by atoms with E-state index in [4.69, 9.17) is 0 Å². The molecule has 0 saturated heterocycles. The van der Waals surface area contributed by atoms with Crippen molar-refractivity contribution in [1.29, 1.82) is 0 Å². The average molecular weight is 267 g/mol. The molecule has 1 amide bonds. The Bertz CT molecular complexity index is 416. The first-order chi connectivity index (χ1) is 8.70. The number of rotatable bonds is 3. The summed E-state index contributed by atoms with van der Waals surface area (Å²) in [7, 11) is 0. The Labute approximate surface area is 111 Å². The third kappa shape index (κ3) is 3.25. The van der Waals surface area contributed by atoms with E-state index in [1.807, 2.05) is 11.8 Å². The van der Waals surface area contributed by atoms with E-state index in [0.717, 1.165) is 25.7 Å². The molecule has 1 aromatic carbocycles. The van der Waals surface area contributed by atoms with Crippen molar-refractivity contribution in [3.63, 3.8) is 0 Å².